The van der Waals surface area contributed by atoms with Crippen LogP contribution in [0.1, 0.15) is 13.8 Å². The molecule has 0 saturated carbocycles. The van der Waals surface area contributed by atoms with Crippen LogP contribution in [0, 0.1) is 5.41 Å². The van der Waals surface area contributed by atoms with Crippen molar-refractivity contribution in [1.82, 2.24) is 0 Å². The predicted octanol–water partition coefficient (Wildman–Crippen LogP) is -4.88. The van der Waals surface area contributed by atoms with Gasteiger partial charge in [0.2, 0.25) is 0 Å². The molecule has 0 aromatic carbocycles. The van der Waals surface area contributed by atoms with Crippen LogP contribution in [0.5, 0.6) is 0 Å². The van der Waals surface area contributed by atoms with Gasteiger partial charge in [0, 0.05) is 5.41 Å². The first-order valence-corrected chi connectivity index (χ1v) is 2.91. The number of carboxylic acids is 1. The van der Waals surface area contributed by atoms with Crippen LogP contribution < -0.4 is 34.7 Å². The molecule has 0 aliphatic carbocycles. The first-order valence-electron chi connectivity index (χ1n) is 2.91. The average molecular weight is 170 g/mol. The van der Waals surface area contributed by atoms with E-state index in [1.165, 1.54) is 13.8 Å². The fourth-order valence-corrected chi connectivity index (χ4v) is 0.406. The van der Waals surface area contributed by atoms with Gasteiger partial charge >= 0.3 is 29.6 Å². The third-order valence-electron chi connectivity index (χ3n) is 1.37. The zero-order valence-corrected chi connectivity index (χ0v) is 9.00. The Kier molecular flexibility index (Phi) is 6.48. The van der Waals surface area contributed by atoms with Crippen LogP contribution in [0.3, 0.4) is 0 Å². The van der Waals surface area contributed by atoms with Crippen molar-refractivity contribution in [2.75, 3.05) is 6.61 Å². The summed E-state index contributed by atoms with van der Waals surface area (Å²) in [5, 5.41) is 27.4. The number of rotatable bonds is 3. The molecule has 0 rings (SSSR count). The van der Waals surface area contributed by atoms with Crippen LogP contribution in [0.25, 0.3) is 0 Å². The second kappa shape index (κ2) is 5.11. The average Bonchev–Trinajstić information content (AvgIpc) is 1.86. The molecule has 0 spiro atoms. The van der Waals surface area contributed by atoms with Gasteiger partial charge in [-0.1, -0.05) is 13.8 Å². The minimum Gasteiger partial charge on any atom is -0.547 e. The molecule has 0 radical (unpaired) electrons. The van der Waals surface area contributed by atoms with E-state index in [4.69, 9.17) is 10.2 Å². The molecule has 0 aliphatic heterocycles. The van der Waals surface area contributed by atoms with Crippen LogP contribution in [0.4, 0.5) is 0 Å². The molecule has 0 aromatic rings. The molecule has 60 valence electrons. The summed E-state index contributed by atoms with van der Waals surface area (Å²) < 4.78 is 0. The van der Waals surface area contributed by atoms with E-state index >= 15 is 0 Å². The Bertz CT molecular complexity index is 135. The van der Waals surface area contributed by atoms with Gasteiger partial charge in [0.1, 0.15) is 6.10 Å². The van der Waals surface area contributed by atoms with Gasteiger partial charge in [-0.2, -0.15) is 0 Å². The maximum atomic E-state index is 10.0. The fraction of sp³-hybridized carbons (Fsp3) is 0.833. The van der Waals surface area contributed by atoms with Gasteiger partial charge in [0.15, 0.2) is 0 Å². The summed E-state index contributed by atoms with van der Waals surface area (Å²) in [6.07, 6.45) is -1.61. The van der Waals surface area contributed by atoms with Crippen LogP contribution in [0.2, 0.25) is 0 Å². The van der Waals surface area contributed by atoms with E-state index < -0.39 is 17.5 Å². The number of hydrogen-bond donors (Lipinski definition) is 2. The van der Waals surface area contributed by atoms with Crippen LogP contribution in [0.15, 0.2) is 0 Å². The molecule has 2 N–H and O–H groups in total. The minimum absolute atomic E-state index is 0. The molecule has 0 aliphatic rings. The van der Waals surface area contributed by atoms with Crippen molar-refractivity contribution in [2.45, 2.75) is 20.0 Å². The SMILES string of the molecule is CC(C)(CO)C(O)C(=O)[O-].[Na+]. The van der Waals surface area contributed by atoms with E-state index in [1.807, 2.05) is 0 Å². The molecular weight excluding hydrogens is 159 g/mol. The molecule has 4 nitrogen and oxygen atoms in total. The second-order valence-electron chi connectivity index (χ2n) is 2.87. The topological polar surface area (TPSA) is 80.6 Å². The summed E-state index contributed by atoms with van der Waals surface area (Å²) >= 11 is 0. The Hall–Kier alpha value is 0.390. The number of carbonyl (C=O) groups excluding carboxylic acids is 1. The summed E-state index contributed by atoms with van der Waals surface area (Å²) in [6.45, 7) is 2.49. The van der Waals surface area contributed by atoms with Gasteiger partial charge in [0.25, 0.3) is 0 Å². The molecule has 0 aromatic heterocycles. The molecule has 0 heterocycles. The molecule has 5 heteroatoms. The summed E-state index contributed by atoms with van der Waals surface area (Å²) in [5.41, 5.74) is -1.03. The summed E-state index contributed by atoms with van der Waals surface area (Å²) in [4.78, 5) is 10.0. The maximum absolute atomic E-state index is 10.0. The Morgan fingerprint density at radius 1 is 1.64 bits per heavy atom. The largest absolute Gasteiger partial charge is 1.00 e. The predicted molar refractivity (Wildman–Crippen MR) is 31.9 cm³/mol. The van der Waals surface area contributed by atoms with Gasteiger partial charge in [-0.05, 0) is 0 Å². The minimum atomic E-state index is -1.61. The molecule has 0 bridgehead atoms. The Labute approximate surface area is 87.5 Å². The first-order chi connectivity index (χ1) is 4.41. The fourth-order valence-electron chi connectivity index (χ4n) is 0.406. The van der Waals surface area contributed by atoms with E-state index in [2.05, 4.69) is 0 Å². The van der Waals surface area contributed by atoms with Gasteiger partial charge in [-0.3, -0.25) is 0 Å². The van der Waals surface area contributed by atoms with Crippen molar-refractivity contribution in [1.29, 1.82) is 0 Å². The zero-order chi connectivity index (χ0) is 8.36. The second-order valence-corrected chi connectivity index (χ2v) is 2.87. The summed E-state index contributed by atoms with van der Waals surface area (Å²) in [5.74, 6) is -1.56. The number of aliphatic hydroxyl groups is 2. The van der Waals surface area contributed by atoms with Crippen LogP contribution >= 0.6 is 0 Å². The van der Waals surface area contributed by atoms with E-state index in [1.54, 1.807) is 0 Å². The third-order valence-corrected chi connectivity index (χ3v) is 1.37. The third kappa shape index (κ3) is 4.08. The Morgan fingerprint density at radius 2 is 2.00 bits per heavy atom. The van der Waals surface area contributed by atoms with Crippen molar-refractivity contribution < 1.29 is 49.7 Å². The van der Waals surface area contributed by atoms with Crippen molar-refractivity contribution >= 4 is 5.97 Å². The number of carboxylic acid groups (broad SMARTS) is 1. The normalized spacial score (nSPS) is 13.5. The Morgan fingerprint density at radius 3 is 2.09 bits per heavy atom. The smallest absolute Gasteiger partial charge is 0.547 e. The zero-order valence-electron chi connectivity index (χ0n) is 7.00. The van der Waals surface area contributed by atoms with Crippen molar-refractivity contribution in [3.05, 3.63) is 0 Å². The number of aliphatic hydroxyl groups excluding tert-OH is 2. The molecule has 0 fully saturated rings. The van der Waals surface area contributed by atoms with Gasteiger partial charge in [0.05, 0.1) is 12.6 Å². The van der Waals surface area contributed by atoms with Crippen LogP contribution in [-0.4, -0.2) is 28.9 Å². The summed E-state index contributed by atoms with van der Waals surface area (Å²) in [7, 11) is 0. The number of hydrogen-bond acceptors (Lipinski definition) is 4. The van der Waals surface area contributed by atoms with Gasteiger partial charge < -0.3 is 20.1 Å². The van der Waals surface area contributed by atoms with Crippen molar-refractivity contribution in [3.63, 3.8) is 0 Å². The quantitative estimate of drug-likeness (QED) is 0.416. The van der Waals surface area contributed by atoms with E-state index in [0.29, 0.717) is 0 Å². The van der Waals surface area contributed by atoms with Gasteiger partial charge in [-0.25, -0.2) is 0 Å². The number of carbonyl (C=O) groups is 1. The molecule has 0 saturated heterocycles. The first kappa shape index (κ1) is 13.9. The van der Waals surface area contributed by atoms with E-state index in [0.717, 1.165) is 0 Å². The van der Waals surface area contributed by atoms with Crippen LogP contribution in [-0.2, 0) is 4.79 Å². The van der Waals surface area contributed by atoms with E-state index in [-0.39, 0.29) is 36.2 Å². The van der Waals surface area contributed by atoms with Crippen molar-refractivity contribution in [2.24, 2.45) is 5.41 Å². The van der Waals surface area contributed by atoms with Gasteiger partial charge in [-0.15, -0.1) is 0 Å². The summed E-state index contributed by atoms with van der Waals surface area (Å²) in [6, 6.07) is 0. The molecular formula is C6H11NaO4. The molecule has 0 amide bonds. The molecule has 1 atom stereocenters. The van der Waals surface area contributed by atoms with E-state index in [9.17, 15) is 9.90 Å². The standard InChI is InChI=1S/C6H12O4.Na/c1-6(2,3-7)4(8)5(9)10;/h4,7-8H,3H2,1-2H3,(H,9,10);/q;+1/p-1. The molecule has 11 heavy (non-hydrogen) atoms. The number of aliphatic carboxylic acids is 1. The maximum Gasteiger partial charge on any atom is 1.00 e. The monoisotopic (exact) mass is 170 g/mol. The molecule has 1 unspecified atom stereocenters. The Balaban J connectivity index is 0. The van der Waals surface area contributed by atoms with Crippen molar-refractivity contribution in [3.8, 4) is 0 Å².